The molecule has 0 fully saturated rings. The van der Waals surface area contributed by atoms with Gasteiger partial charge >= 0.3 is 0 Å². The van der Waals surface area contributed by atoms with Crippen LogP contribution in [0.5, 0.6) is 0 Å². The van der Waals surface area contributed by atoms with Crippen molar-refractivity contribution in [2.24, 2.45) is 0 Å². The number of hydrogen-bond acceptors (Lipinski definition) is 3. The molecule has 3 heteroatoms. The number of benzene rings is 7. The Kier molecular flexibility index (Phi) is 5.61. The van der Waals surface area contributed by atoms with Gasteiger partial charge in [0.15, 0.2) is 0 Å². The van der Waals surface area contributed by atoms with Gasteiger partial charge in [-0.3, -0.25) is 0 Å². The highest BCUT2D eigenvalue weighted by Gasteiger charge is 2.42. The Morgan fingerprint density at radius 3 is 1.91 bits per heavy atom. The van der Waals surface area contributed by atoms with Crippen LogP contribution in [0.2, 0.25) is 0 Å². The summed E-state index contributed by atoms with van der Waals surface area (Å²) in [5, 5.41) is 4.91. The van der Waals surface area contributed by atoms with Gasteiger partial charge in [0.25, 0.3) is 0 Å². The van der Waals surface area contributed by atoms with Crippen LogP contribution in [0.15, 0.2) is 162 Å². The van der Waals surface area contributed by atoms with Gasteiger partial charge in [0, 0.05) is 53.4 Å². The summed E-state index contributed by atoms with van der Waals surface area (Å²) in [6.07, 6.45) is 0. The molecule has 2 aromatic heterocycles. The van der Waals surface area contributed by atoms with Crippen LogP contribution >= 0.6 is 11.3 Å². The fourth-order valence-corrected chi connectivity index (χ4v) is 9.13. The molecule has 0 bridgehead atoms. The van der Waals surface area contributed by atoms with E-state index in [0.717, 1.165) is 33.6 Å². The summed E-state index contributed by atoms with van der Waals surface area (Å²) < 4.78 is 9.19. The molecule has 222 valence electrons. The molecule has 7 aromatic carbocycles. The number of anilines is 3. The van der Waals surface area contributed by atoms with Gasteiger partial charge in [0.05, 0.1) is 0 Å². The maximum Gasteiger partial charge on any atom is 0.135 e. The second-order valence-corrected chi connectivity index (χ2v) is 13.7. The first kappa shape index (κ1) is 26.6. The summed E-state index contributed by atoms with van der Waals surface area (Å²) in [5.74, 6) is 0. The van der Waals surface area contributed by atoms with Gasteiger partial charge < -0.3 is 9.32 Å². The lowest BCUT2D eigenvalue weighted by Crippen LogP contribution is -2.22. The van der Waals surface area contributed by atoms with E-state index in [-0.39, 0.29) is 5.41 Å². The van der Waals surface area contributed by atoms with E-state index in [1.807, 2.05) is 11.3 Å². The average molecular weight is 620 g/mol. The number of rotatable bonds is 4. The first-order valence-electron chi connectivity index (χ1n) is 16.1. The third-order valence-corrected chi connectivity index (χ3v) is 11.3. The zero-order valence-corrected chi connectivity index (χ0v) is 26.6. The van der Waals surface area contributed by atoms with Gasteiger partial charge in [-0.25, -0.2) is 0 Å². The summed E-state index contributed by atoms with van der Waals surface area (Å²) in [6.45, 7) is 2.38. The number of nitrogens with zero attached hydrogens (tertiary/aromatic N) is 1. The Labute approximate surface area is 276 Å². The Balaban J connectivity index is 1.21. The minimum atomic E-state index is -0.329. The minimum absolute atomic E-state index is 0.329. The second-order valence-electron chi connectivity index (χ2n) is 12.6. The monoisotopic (exact) mass is 619 g/mol. The number of furan rings is 1. The molecule has 0 N–H and O–H groups in total. The van der Waals surface area contributed by atoms with Crippen molar-refractivity contribution in [1.82, 2.24) is 0 Å². The van der Waals surface area contributed by atoms with Crippen molar-refractivity contribution in [3.05, 3.63) is 174 Å². The molecule has 0 amide bonds. The molecule has 0 aliphatic heterocycles. The quantitative estimate of drug-likeness (QED) is 0.195. The van der Waals surface area contributed by atoms with Crippen LogP contribution in [-0.4, -0.2) is 0 Å². The normalized spacial score (nSPS) is 13.4. The van der Waals surface area contributed by atoms with Crippen molar-refractivity contribution in [3.63, 3.8) is 0 Å². The van der Waals surface area contributed by atoms with Crippen molar-refractivity contribution in [1.29, 1.82) is 0 Å². The van der Waals surface area contributed by atoms with E-state index in [4.69, 9.17) is 4.42 Å². The van der Waals surface area contributed by atoms with E-state index in [0.29, 0.717) is 0 Å². The Morgan fingerprint density at radius 2 is 1.11 bits per heavy atom. The highest BCUT2D eigenvalue weighted by molar-refractivity contribution is 7.25. The van der Waals surface area contributed by atoms with Gasteiger partial charge in [-0.2, -0.15) is 0 Å². The number of fused-ring (bicyclic) bond motifs is 9. The zero-order valence-electron chi connectivity index (χ0n) is 25.8. The van der Waals surface area contributed by atoms with E-state index >= 15 is 0 Å². The van der Waals surface area contributed by atoms with E-state index in [9.17, 15) is 0 Å². The van der Waals surface area contributed by atoms with Crippen LogP contribution in [0.4, 0.5) is 17.1 Å². The Bertz CT molecular complexity index is 2620. The lowest BCUT2D eigenvalue weighted by Gasteiger charge is -2.29. The van der Waals surface area contributed by atoms with E-state index < -0.39 is 0 Å². The zero-order chi connectivity index (χ0) is 31.1. The fraction of sp³-hybridized carbons (Fsp3) is 0.0455. The smallest absolute Gasteiger partial charge is 0.135 e. The van der Waals surface area contributed by atoms with Crippen molar-refractivity contribution in [2.45, 2.75) is 12.3 Å². The van der Waals surface area contributed by atoms with E-state index in [1.165, 1.54) is 53.4 Å². The molecule has 1 aliphatic carbocycles. The van der Waals surface area contributed by atoms with Crippen LogP contribution in [0.25, 0.3) is 53.2 Å². The van der Waals surface area contributed by atoms with E-state index in [1.54, 1.807) is 0 Å². The first-order chi connectivity index (χ1) is 23.2. The summed E-state index contributed by atoms with van der Waals surface area (Å²) in [6, 6.07) is 57.2. The molecular formula is C44H29NOS. The fourth-order valence-electron chi connectivity index (χ4n) is 7.99. The number of hydrogen-bond donors (Lipinski definition) is 0. The predicted molar refractivity (Wildman–Crippen MR) is 199 cm³/mol. The number of thiophene rings is 1. The molecule has 0 atom stereocenters. The maximum atomic E-state index is 6.59. The molecule has 47 heavy (non-hydrogen) atoms. The highest BCUT2D eigenvalue weighted by Crippen LogP contribution is 2.54. The third-order valence-electron chi connectivity index (χ3n) is 10.1. The molecule has 9 aromatic rings. The Morgan fingerprint density at radius 1 is 0.468 bits per heavy atom. The molecule has 1 aliphatic rings. The predicted octanol–water partition coefficient (Wildman–Crippen LogP) is 12.8. The molecule has 10 rings (SSSR count). The molecule has 0 radical (unpaired) electrons. The highest BCUT2D eigenvalue weighted by atomic mass is 32.1. The molecular weight excluding hydrogens is 591 g/mol. The van der Waals surface area contributed by atoms with Gasteiger partial charge in [0.2, 0.25) is 0 Å². The lowest BCUT2D eigenvalue weighted by molar-refractivity contribution is 0.666. The maximum absolute atomic E-state index is 6.59. The molecule has 2 nitrogen and oxygen atoms in total. The van der Waals surface area contributed by atoms with Crippen molar-refractivity contribution in [2.75, 3.05) is 4.90 Å². The van der Waals surface area contributed by atoms with Gasteiger partial charge in [-0.15, -0.1) is 11.3 Å². The van der Waals surface area contributed by atoms with Crippen LogP contribution in [0.1, 0.15) is 23.6 Å². The summed E-state index contributed by atoms with van der Waals surface area (Å²) >= 11 is 1.85. The van der Waals surface area contributed by atoms with Crippen molar-refractivity contribution >= 4 is 70.5 Å². The molecule has 2 heterocycles. The topological polar surface area (TPSA) is 16.4 Å². The molecule has 0 saturated heterocycles. The average Bonchev–Trinajstić information content (AvgIpc) is 3.77. The van der Waals surface area contributed by atoms with E-state index in [2.05, 4.69) is 170 Å². The standard InChI is InChI=1S/C44H29NOS/c1-44(36-17-8-5-14-31(36)32-15-6-9-18-37(32)44)38-19-11-20-40-43(38)35-26-29(23-25-39(35)46-40)45(28-12-3-2-4-13-28)30-22-24-34-33-16-7-10-21-41(33)47-42(34)27-30/h2-27H,1H3. The van der Waals surface area contributed by atoms with Crippen LogP contribution in [-0.2, 0) is 5.41 Å². The van der Waals surface area contributed by atoms with Crippen molar-refractivity contribution < 1.29 is 4.42 Å². The molecule has 0 spiro atoms. The van der Waals surface area contributed by atoms with Gasteiger partial charge in [-0.05, 0) is 89.3 Å². The first-order valence-corrected chi connectivity index (χ1v) is 16.9. The van der Waals surface area contributed by atoms with Crippen LogP contribution in [0, 0.1) is 0 Å². The van der Waals surface area contributed by atoms with Crippen LogP contribution in [0.3, 0.4) is 0 Å². The summed E-state index contributed by atoms with van der Waals surface area (Å²) in [4.78, 5) is 2.37. The van der Waals surface area contributed by atoms with Gasteiger partial charge in [0.1, 0.15) is 11.2 Å². The van der Waals surface area contributed by atoms with Crippen molar-refractivity contribution in [3.8, 4) is 11.1 Å². The summed E-state index contributed by atoms with van der Waals surface area (Å²) in [7, 11) is 0. The Hall–Kier alpha value is -5.64. The second kappa shape index (κ2) is 9.93. The molecule has 0 unspecified atom stereocenters. The SMILES string of the molecule is CC1(c2cccc3oc4ccc(N(c5ccccc5)c5ccc6c(c5)sc5ccccc56)cc4c23)c2ccccc2-c2ccccc21. The lowest BCUT2D eigenvalue weighted by atomic mass is 9.73. The minimum Gasteiger partial charge on any atom is -0.456 e. The third kappa shape index (κ3) is 3.78. The van der Waals surface area contributed by atoms with Crippen LogP contribution < -0.4 is 4.90 Å². The largest absolute Gasteiger partial charge is 0.456 e. The summed E-state index contributed by atoms with van der Waals surface area (Å²) in [5.41, 5.74) is 11.4. The number of para-hydroxylation sites is 1. The van der Waals surface area contributed by atoms with Gasteiger partial charge in [-0.1, -0.05) is 103 Å². The molecule has 0 saturated carbocycles.